The number of thiocarbonyl (C=S) groups is 1. The molecule has 1 nitrogen and oxygen atoms in total. The van der Waals surface area contributed by atoms with Gasteiger partial charge in [0.15, 0.2) is 0 Å². The summed E-state index contributed by atoms with van der Waals surface area (Å²) >= 11 is 12.9. The molecule has 3 rings (SSSR count). The highest BCUT2D eigenvalue weighted by atomic mass is 35.5. The lowest BCUT2D eigenvalue weighted by Gasteiger charge is -1.99. The molecule has 0 aliphatic heterocycles. The minimum absolute atomic E-state index is 0.311. The largest absolute Gasteiger partial charge is 0.508 e. The highest BCUT2D eigenvalue weighted by Crippen LogP contribution is 2.40. The summed E-state index contributed by atoms with van der Waals surface area (Å²) in [6.45, 7) is 1.89. The van der Waals surface area contributed by atoms with Crippen molar-refractivity contribution in [2.45, 2.75) is 6.92 Å². The Morgan fingerprint density at radius 2 is 2.00 bits per heavy atom. The van der Waals surface area contributed by atoms with E-state index in [1.165, 1.54) is 0 Å². The van der Waals surface area contributed by atoms with E-state index in [1.54, 1.807) is 22.8 Å². The van der Waals surface area contributed by atoms with Gasteiger partial charge in [-0.25, -0.2) is 0 Å². The van der Waals surface area contributed by atoms with Gasteiger partial charge < -0.3 is 5.11 Å². The third-order valence-corrected chi connectivity index (χ3v) is 4.89. The zero-order valence-electron chi connectivity index (χ0n) is 9.53. The summed E-state index contributed by atoms with van der Waals surface area (Å²) in [5, 5.41) is 14.2. The Labute approximate surface area is 119 Å². The van der Waals surface area contributed by atoms with E-state index in [0.29, 0.717) is 10.8 Å². The molecular weight excluding hydrogens is 284 g/mol. The molecule has 1 aromatic heterocycles. The number of aromatic hydroxyl groups is 1. The zero-order chi connectivity index (χ0) is 12.9. The van der Waals surface area contributed by atoms with Crippen molar-refractivity contribution in [3.05, 3.63) is 40.4 Å². The van der Waals surface area contributed by atoms with Gasteiger partial charge in [-0.3, -0.25) is 0 Å². The molecule has 0 aliphatic carbocycles. The Morgan fingerprint density at radius 3 is 2.72 bits per heavy atom. The Bertz CT molecular complexity index is 789. The molecule has 0 radical (unpaired) electrons. The number of thiophene rings is 1. The number of phenols is 1. The SMILES string of the molecule is Cc1cc2sc3c(Cl)cc(C=S)cc3c2cc1O. The van der Waals surface area contributed by atoms with E-state index in [-0.39, 0.29) is 0 Å². The third kappa shape index (κ3) is 1.70. The molecule has 0 fully saturated rings. The summed E-state index contributed by atoms with van der Waals surface area (Å²) in [6, 6.07) is 7.68. The average Bonchev–Trinajstić information content (AvgIpc) is 2.68. The molecule has 0 bridgehead atoms. The summed E-state index contributed by atoms with van der Waals surface area (Å²) in [4.78, 5) is 0. The van der Waals surface area contributed by atoms with E-state index in [0.717, 1.165) is 31.3 Å². The van der Waals surface area contributed by atoms with Crippen molar-refractivity contribution in [1.29, 1.82) is 0 Å². The Hall–Kier alpha value is -1.16. The number of aryl methyl sites for hydroxylation is 1. The maximum absolute atomic E-state index is 9.83. The number of rotatable bonds is 1. The standard InChI is InChI=1S/C14H9ClOS2/c1-7-2-13-9(5-12(7)16)10-3-8(6-17)4-11(15)14(10)18-13/h2-6,16H,1H3. The highest BCUT2D eigenvalue weighted by Gasteiger charge is 2.11. The molecule has 4 heteroatoms. The number of fused-ring (bicyclic) bond motifs is 3. The second kappa shape index (κ2) is 4.19. The fraction of sp³-hybridized carbons (Fsp3) is 0.0714. The zero-order valence-corrected chi connectivity index (χ0v) is 11.9. The quantitative estimate of drug-likeness (QED) is 0.632. The van der Waals surface area contributed by atoms with Crippen LogP contribution in [0.1, 0.15) is 11.1 Å². The van der Waals surface area contributed by atoms with Gasteiger partial charge in [0, 0.05) is 20.8 Å². The molecule has 18 heavy (non-hydrogen) atoms. The van der Waals surface area contributed by atoms with Crippen LogP contribution in [0.3, 0.4) is 0 Å². The summed E-state index contributed by atoms with van der Waals surface area (Å²) in [7, 11) is 0. The van der Waals surface area contributed by atoms with E-state index in [9.17, 15) is 5.11 Å². The van der Waals surface area contributed by atoms with Gasteiger partial charge in [0.05, 0.1) is 9.72 Å². The molecular formula is C14H9ClOS2. The van der Waals surface area contributed by atoms with Crippen LogP contribution in [0.5, 0.6) is 5.75 Å². The maximum atomic E-state index is 9.83. The number of hydrogen-bond donors (Lipinski definition) is 1. The lowest BCUT2D eigenvalue weighted by molar-refractivity contribution is 0.472. The van der Waals surface area contributed by atoms with Gasteiger partial charge in [0.1, 0.15) is 5.75 Å². The van der Waals surface area contributed by atoms with E-state index in [1.807, 2.05) is 25.1 Å². The fourth-order valence-corrected chi connectivity index (χ4v) is 3.71. The first-order valence-corrected chi connectivity index (χ1v) is 7.07. The molecule has 0 atom stereocenters. The van der Waals surface area contributed by atoms with E-state index < -0.39 is 0 Å². The van der Waals surface area contributed by atoms with Crippen LogP contribution in [0.15, 0.2) is 24.3 Å². The molecule has 0 unspecified atom stereocenters. The normalized spacial score (nSPS) is 11.2. The fourth-order valence-electron chi connectivity index (χ4n) is 2.06. The molecule has 0 spiro atoms. The second-order valence-electron chi connectivity index (χ2n) is 4.23. The predicted octanol–water partition coefficient (Wildman–Crippen LogP) is 5.07. The van der Waals surface area contributed by atoms with Crippen LogP contribution < -0.4 is 0 Å². The van der Waals surface area contributed by atoms with Gasteiger partial charge in [-0.15, -0.1) is 11.3 Å². The van der Waals surface area contributed by atoms with Gasteiger partial charge in [-0.1, -0.05) is 23.8 Å². The second-order valence-corrected chi connectivity index (χ2v) is 5.93. The van der Waals surface area contributed by atoms with Gasteiger partial charge in [0.2, 0.25) is 0 Å². The van der Waals surface area contributed by atoms with Gasteiger partial charge in [-0.2, -0.15) is 0 Å². The van der Waals surface area contributed by atoms with Gasteiger partial charge in [-0.05, 0) is 42.3 Å². The van der Waals surface area contributed by atoms with Crippen LogP contribution in [0, 0.1) is 6.92 Å². The Balaban J connectivity index is 2.52. The van der Waals surface area contributed by atoms with Crippen LogP contribution in [-0.2, 0) is 0 Å². The van der Waals surface area contributed by atoms with Crippen molar-refractivity contribution in [3.63, 3.8) is 0 Å². The first-order valence-electron chi connectivity index (χ1n) is 5.40. The van der Waals surface area contributed by atoms with E-state index >= 15 is 0 Å². The Kier molecular flexibility index (Phi) is 2.77. The van der Waals surface area contributed by atoms with Crippen molar-refractivity contribution in [1.82, 2.24) is 0 Å². The van der Waals surface area contributed by atoms with Crippen LogP contribution in [0.25, 0.3) is 20.2 Å². The minimum Gasteiger partial charge on any atom is -0.508 e. The van der Waals surface area contributed by atoms with Gasteiger partial charge >= 0.3 is 0 Å². The summed E-state index contributed by atoms with van der Waals surface area (Å²) < 4.78 is 2.17. The molecule has 0 aliphatic rings. The topological polar surface area (TPSA) is 20.2 Å². The minimum atomic E-state index is 0.311. The van der Waals surface area contributed by atoms with Crippen molar-refractivity contribution < 1.29 is 5.11 Å². The molecule has 90 valence electrons. The number of benzene rings is 2. The lowest BCUT2D eigenvalue weighted by atomic mass is 10.1. The number of phenolic OH excluding ortho intramolecular Hbond substituents is 1. The molecule has 1 N–H and O–H groups in total. The summed E-state index contributed by atoms with van der Waals surface area (Å²) in [5.41, 5.74) is 1.79. The van der Waals surface area contributed by atoms with Crippen LogP contribution in [0.2, 0.25) is 5.02 Å². The highest BCUT2D eigenvalue weighted by molar-refractivity contribution is 7.79. The maximum Gasteiger partial charge on any atom is 0.119 e. The third-order valence-electron chi connectivity index (χ3n) is 3.00. The van der Waals surface area contributed by atoms with E-state index in [2.05, 4.69) is 0 Å². The molecule has 3 aromatic rings. The first-order chi connectivity index (χ1) is 8.60. The number of hydrogen-bond acceptors (Lipinski definition) is 3. The lowest BCUT2D eigenvalue weighted by Crippen LogP contribution is -1.78. The molecule has 1 heterocycles. The van der Waals surface area contributed by atoms with Gasteiger partial charge in [0.25, 0.3) is 0 Å². The molecule has 0 saturated heterocycles. The number of halogens is 1. The average molecular weight is 293 g/mol. The molecule has 2 aromatic carbocycles. The van der Waals surface area contributed by atoms with Crippen molar-refractivity contribution in [3.8, 4) is 5.75 Å². The van der Waals surface area contributed by atoms with Crippen LogP contribution in [-0.4, -0.2) is 10.5 Å². The molecule has 0 saturated carbocycles. The van der Waals surface area contributed by atoms with Crippen LogP contribution in [0.4, 0.5) is 0 Å². The first kappa shape index (κ1) is 11.9. The summed E-state index contributed by atoms with van der Waals surface area (Å²) in [5.74, 6) is 0.311. The molecule has 0 amide bonds. The summed E-state index contributed by atoms with van der Waals surface area (Å²) in [6.07, 6.45) is 0. The monoisotopic (exact) mass is 292 g/mol. The van der Waals surface area contributed by atoms with Crippen molar-refractivity contribution in [2.75, 3.05) is 0 Å². The Morgan fingerprint density at radius 1 is 1.22 bits per heavy atom. The van der Waals surface area contributed by atoms with Crippen LogP contribution >= 0.6 is 35.2 Å². The predicted molar refractivity (Wildman–Crippen MR) is 83.5 cm³/mol. The van der Waals surface area contributed by atoms with Crippen molar-refractivity contribution >= 4 is 60.7 Å². The smallest absolute Gasteiger partial charge is 0.119 e. The van der Waals surface area contributed by atoms with E-state index in [4.69, 9.17) is 23.8 Å². The van der Waals surface area contributed by atoms with Crippen molar-refractivity contribution in [2.24, 2.45) is 0 Å².